The smallest absolute Gasteiger partial charge is 0.261 e. The number of carbonyl (C=O) groups excluding carboxylic acids is 1. The summed E-state index contributed by atoms with van der Waals surface area (Å²) in [5, 5.41) is 3.10. The van der Waals surface area contributed by atoms with Crippen LogP contribution in [0.4, 0.5) is 5.69 Å². The third kappa shape index (κ3) is 5.46. The van der Waals surface area contributed by atoms with Crippen molar-refractivity contribution in [3.8, 4) is 0 Å². The number of anilines is 1. The van der Waals surface area contributed by atoms with Crippen LogP contribution in [0.15, 0.2) is 65.6 Å². The number of rotatable bonds is 6. The van der Waals surface area contributed by atoms with Crippen molar-refractivity contribution < 1.29 is 13.2 Å². The monoisotopic (exact) mass is 456 g/mol. The van der Waals surface area contributed by atoms with Crippen LogP contribution < -0.4 is 10.0 Å². The Labute approximate surface area is 188 Å². The highest BCUT2D eigenvalue weighted by Crippen LogP contribution is 2.27. The van der Waals surface area contributed by atoms with Gasteiger partial charge in [-0.2, -0.15) is 0 Å². The van der Waals surface area contributed by atoms with Gasteiger partial charge in [0.25, 0.3) is 15.9 Å². The Morgan fingerprint density at radius 1 is 0.903 bits per heavy atom. The summed E-state index contributed by atoms with van der Waals surface area (Å²) >= 11 is 6.28. The lowest BCUT2D eigenvalue weighted by atomic mass is 10.00. The van der Waals surface area contributed by atoms with E-state index in [1.54, 1.807) is 18.2 Å². The summed E-state index contributed by atoms with van der Waals surface area (Å²) in [5.74, 6) is -0.290. The Balaban J connectivity index is 1.75. The zero-order chi connectivity index (χ0) is 22.8. The van der Waals surface area contributed by atoms with Crippen LogP contribution in [-0.2, 0) is 10.0 Å². The molecule has 0 aliphatic rings. The zero-order valence-corrected chi connectivity index (χ0v) is 19.4. The van der Waals surface area contributed by atoms with Crippen molar-refractivity contribution in [1.29, 1.82) is 0 Å². The minimum absolute atomic E-state index is 0.137. The highest BCUT2D eigenvalue weighted by atomic mass is 35.5. The lowest BCUT2D eigenvalue weighted by molar-refractivity contribution is 0.0940. The predicted octanol–water partition coefficient (Wildman–Crippen LogP) is 5.56. The predicted molar refractivity (Wildman–Crippen MR) is 125 cm³/mol. The van der Waals surface area contributed by atoms with Gasteiger partial charge in [-0.15, -0.1) is 0 Å². The number of aryl methyl sites for hydroxylation is 3. The molecule has 3 aromatic carbocycles. The Morgan fingerprint density at radius 3 is 2.16 bits per heavy atom. The summed E-state index contributed by atoms with van der Waals surface area (Å²) in [4.78, 5) is 12.8. The van der Waals surface area contributed by atoms with Gasteiger partial charge >= 0.3 is 0 Å². The summed E-state index contributed by atoms with van der Waals surface area (Å²) in [6.07, 6.45) is 0. The molecule has 0 aliphatic heterocycles. The summed E-state index contributed by atoms with van der Waals surface area (Å²) in [6.45, 7) is 7.83. The first-order valence-electron chi connectivity index (χ1n) is 9.84. The molecule has 0 heterocycles. The third-order valence-electron chi connectivity index (χ3n) is 5.05. The summed E-state index contributed by atoms with van der Waals surface area (Å²) in [6, 6.07) is 16.9. The van der Waals surface area contributed by atoms with Gasteiger partial charge in [-0.3, -0.25) is 9.52 Å². The third-order valence-corrected chi connectivity index (χ3v) is 6.74. The molecule has 1 atom stereocenters. The Hall–Kier alpha value is -2.83. The summed E-state index contributed by atoms with van der Waals surface area (Å²) in [7, 11) is -3.78. The van der Waals surface area contributed by atoms with Gasteiger partial charge in [0.1, 0.15) is 0 Å². The topological polar surface area (TPSA) is 75.3 Å². The van der Waals surface area contributed by atoms with E-state index in [2.05, 4.69) is 16.1 Å². The van der Waals surface area contributed by atoms with E-state index in [9.17, 15) is 13.2 Å². The van der Waals surface area contributed by atoms with Crippen molar-refractivity contribution in [1.82, 2.24) is 5.32 Å². The van der Waals surface area contributed by atoms with Gasteiger partial charge in [0.2, 0.25) is 0 Å². The SMILES string of the molecule is Cc1ccc(S(=O)(=O)Nc2ccc(C(=O)N[C@@H](C)c3ccc(C)cc3C)cc2Cl)cc1. The van der Waals surface area contributed by atoms with Crippen LogP contribution >= 0.6 is 11.6 Å². The van der Waals surface area contributed by atoms with Gasteiger partial charge in [-0.05, 0) is 69.2 Å². The molecule has 0 spiro atoms. The van der Waals surface area contributed by atoms with Crippen molar-refractivity contribution in [2.45, 2.75) is 38.6 Å². The van der Waals surface area contributed by atoms with Crippen LogP contribution in [0, 0.1) is 20.8 Å². The lowest BCUT2D eigenvalue weighted by Crippen LogP contribution is -2.27. The van der Waals surface area contributed by atoms with Gasteiger partial charge in [-0.25, -0.2) is 8.42 Å². The van der Waals surface area contributed by atoms with Gasteiger partial charge in [0, 0.05) is 5.56 Å². The van der Waals surface area contributed by atoms with E-state index in [0.29, 0.717) is 5.56 Å². The maximum Gasteiger partial charge on any atom is 0.261 e. The molecule has 0 radical (unpaired) electrons. The lowest BCUT2D eigenvalue weighted by Gasteiger charge is -2.17. The fourth-order valence-corrected chi connectivity index (χ4v) is 4.69. The summed E-state index contributed by atoms with van der Waals surface area (Å²) < 4.78 is 27.7. The van der Waals surface area contributed by atoms with Crippen LogP contribution in [0.2, 0.25) is 5.02 Å². The van der Waals surface area contributed by atoms with Crippen LogP contribution in [0.3, 0.4) is 0 Å². The number of amides is 1. The second-order valence-corrected chi connectivity index (χ2v) is 9.76. The average molecular weight is 457 g/mol. The average Bonchev–Trinajstić information content (AvgIpc) is 2.69. The molecule has 3 aromatic rings. The van der Waals surface area contributed by atoms with E-state index in [0.717, 1.165) is 22.3 Å². The highest BCUT2D eigenvalue weighted by Gasteiger charge is 2.18. The van der Waals surface area contributed by atoms with Gasteiger partial charge < -0.3 is 5.32 Å². The van der Waals surface area contributed by atoms with E-state index in [1.165, 1.54) is 24.3 Å². The number of halogens is 1. The number of hydrogen-bond acceptors (Lipinski definition) is 3. The van der Waals surface area contributed by atoms with E-state index in [4.69, 9.17) is 11.6 Å². The largest absolute Gasteiger partial charge is 0.346 e. The molecule has 0 aliphatic carbocycles. The van der Waals surface area contributed by atoms with E-state index >= 15 is 0 Å². The molecule has 7 heteroatoms. The number of sulfonamides is 1. The molecular formula is C24H25ClN2O3S. The van der Waals surface area contributed by atoms with Crippen molar-refractivity contribution in [3.63, 3.8) is 0 Å². The normalized spacial score (nSPS) is 12.3. The van der Waals surface area contributed by atoms with E-state index < -0.39 is 10.0 Å². The molecule has 0 aromatic heterocycles. The van der Waals surface area contributed by atoms with E-state index in [-0.39, 0.29) is 27.6 Å². The second-order valence-electron chi connectivity index (χ2n) is 7.67. The number of benzene rings is 3. The van der Waals surface area contributed by atoms with Crippen LogP contribution in [0.25, 0.3) is 0 Å². The van der Waals surface area contributed by atoms with Crippen molar-refractivity contribution in [3.05, 3.63) is 93.5 Å². The minimum atomic E-state index is -3.78. The molecule has 0 unspecified atom stereocenters. The Kier molecular flexibility index (Phi) is 6.72. The number of carbonyl (C=O) groups is 1. The molecule has 2 N–H and O–H groups in total. The Morgan fingerprint density at radius 2 is 1.55 bits per heavy atom. The van der Waals surface area contributed by atoms with Gasteiger partial charge in [-0.1, -0.05) is 53.1 Å². The van der Waals surface area contributed by atoms with Crippen molar-refractivity contribution >= 4 is 33.2 Å². The maximum atomic E-state index is 12.7. The maximum absolute atomic E-state index is 12.7. The first-order chi connectivity index (χ1) is 14.6. The Bertz CT molecular complexity index is 1220. The van der Waals surface area contributed by atoms with Crippen LogP contribution in [0.1, 0.15) is 45.6 Å². The van der Waals surface area contributed by atoms with Crippen molar-refractivity contribution in [2.24, 2.45) is 0 Å². The fraction of sp³-hybridized carbons (Fsp3) is 0.208. The molecule has 162 valence electrons. The second kappa shape index (κ2) is 9.12. The number of hydrogen-bond donors (Lipinski definition) is 2. The molecule has 31 heavy (non-hydrogen) atoms. The fourth-order valence-electron chi connectivity index (χ4n) is 3.33. The van der Waals surface area contributed by atoms with Crippen molar-refractivity contribution in [2.75, 3.05) is 4.72 Å². The molecular weight excluding hydrogens is 432 g/mol. The molecule has 3 rings (SSSR count). The first-order valence-corrected chi connectivity index (χ1v) is 11.7. The minimum Gasteiger partial charge on any atom is -0.346 e. The first kappa shape index (κ1) is 22.8. The van der Waals surface area contributed by atoms with Crippen LogP contribution in [0.5, 0.6) is 0 Å². The highest BCUT2D eigenvalue weighted by molar-refractivity contribution is 7.92. The molecule has 0 saturated carbocycles. The standard InChI is InChI=1S/C24H25ClN2O3S/c1-15-5-9-20(10-6-15)31(29,30)27-23-12-8-19(14-22(23)25)24(28)26-18(4)21-11-7-16(2)13-17(21)3/h5-14,18,27H,1-4H3,(H,26,28)/t18-/m0/s1. The molecule has 1 amide bonds. The molecule has 5 nitrogen and oxygen atoms in total. The van der Waals surface area contributed by atoms with E-state index in [1.807, 2.05) is 39.8 Å². The molecule has 0 bridgehead atoms. The quantitative estimate of drug-likeness (QED) is 0.510. The number of nitrogens with one attached hydrogen (secondary N) is 2. The zero-order valence-electron chi connectivity index (χ0n) is 17.9. The van der Waals surface area contributed by atoms with Gasteiger partial charge in [0.05, 0.1) is 21.6 Å². The summed E-state index contributed by atoms with van der Waals surface area (Å²) in [5.41, 5.74) is 4.82. The van der Waals surface area contributed by atoms with Crippen LogP contribution in [-0.4, -0.2) is 14.3 Å². The molecule has 0 saturated heterocycles. The van der Waals surface area contributed by atoms with Gasteiger partial charge in [0.15, 0.2) is 0 Å². The molecule has 0 fully saturated rings.